The molecule has 0 saturated carbocycles. The highest BCUT2D eigenvalue weighted by Crippen LogP contribution is 2.32. The second-order valence-corrected chi connectivity index (χ2v) is 3.56. The van der Waals surface area contributed by atoms with E-state index >= 15 is 0 Å². The highest BCUT2D eigenvalue weighted by atomic mass is 32.1. The molecule has 0 spiro atoms. The Labute approximate surface area is 82.6 Å². The van der Waals surface area contributed by atoms with Gasteiger partial charge in [-0.25, -0.2) is 0 Å². The van der Waals surface area contributed by atoms with Gasteiger partial charge in [-0.05, 0) is 36.1 Å². The number of hydrogen-bond donors (Lipinski definition) is 1. The van der Waals surface area contributed by atoms with Crippen molar-refractivity contribution in [3.63, 3.8) is 0 Å². The minimum Gasteiger partial charge on any atom is -0.397 e. The van der Waals surface area contributed by atoms with E-state index in [2.05, 4.69) is 23.4 Å². The summed E-state index contributed by atoms with van der Waals surface area (Å²) in [4.78, 5) is 0. The number of benzene rings is 1. The van der Waals surface area contributed by atoms with Crippen molar-refractivity contribution < 1.29 is 0 Å². The van der Waals surface area contributed by atoms with Crippen molar-refractivity contribution in [2.24, 2.45) is 4.36 Å². The van der Waals surface area contributed by atoms with Crippen molar-refractivity contribution in [2.75, 3.05) is 5.73 Å². The normalized spacial score (nSPS) is 14.3. The summed E-state index contributed by atoms with van der Waals surface area (Å²) in [5.41, 5.74) is 10.9. The second kappa shape index (κ2) is 2.92. The molecule has 1 aromatic rings. The molecule has 0 saturated heterocycles. The average Bonchev–Trinajstić information content (AvgIpc) is 2.42. The summed E-state index contributed by atoms with van der Waals surface area (Å²) in [6.45, 7) is 3.96. The largest absolute Gasteiger partial charge is 0.397 e. The van der Waals surface area contributed by atoms with Crippen LogP contribution in [0.5, 0.6) is 0 Å². The van der Waals surface area contributed by atoms with Gasteiger partial charge in [-0.2, -0.15) is 4.36 Å². The van der Waals surface area contributed by atoms with Crippen LogP contribution in [0.2, 0.25) is 0 Å². The Morgan fingerprint density at radius 3 is 2.54 bits per heavy atom. The topological polar surface area (TPSA) is 38.4 Å². The van der Waals surface area contributed by atoms with Gasteiger partial charge in [0.1, 0.15) is 5.69 Å². The van der Waals surface area contributed by atoms with Gasteiger partial charge in [0, 0.05) is 12.4 Å². The van der Waals surface area contributed by atoms with Crippen LogP contribution in [0.25, 0.3) is 0 Å². The Balaban J connectivity index is 2.56. The lowest BCUT2D eigenvalue weighted by molar-refractivity contribution is 1.19. The van der Waals surface area contributed by atoms with E-state index in [1.54, 1.807) is 0 Å². The fourth-order valence-electron chi connectivity index (χ4n) is 1.70. The molecule has 0 unspecified atom stereocenters. The first-order chi connectivity index (χ1) is 6.20. The predicted molar refractivity (Wildman–Crippen MR) is 56.9 cm³/mol. The molecule has 1 aliphatic carbocycles. The molecule has 66 valence electrons. The molecule has 0 bridgehead atoms. The van der Waals surface area contributed by atoms with E-state index < -0.39 is 0 Å². The van der Waals surface area contributed by atoms with Crippen molar-refractivity contribution >= 4 is 23.8 Å². The zero-order valence-corrected chi connectivity index (χ0v) is 8.03. The SMILES string of the molecule is C=C1Cc2cc(N)c(N=S)cc2C1. The maximum Gasteiger partial charge on any atom is 0.100 e. The van der Waals surface area contributed by atoms with Crippen LogP contribution in [-0.4, -0.2) is 0 Å². The van der Waals surface area contributed by atoms with Crippen LogP contribution in [0, 0.1) is 0 Å². The first-order valence-corrected chi connectivity index (χ1v) is 4.48. The molecule has 3 heteroatoms. The molecule has 13 heavy (non-hydrogen) atoms. The zero-order valence-electron chi connectivity index (χ0n) is 7.21. The number of hydrogen-bond acceptors (Lipinski definition) is 3. The van der Waals surface area contributed by atoms with Crippen molar-refractivity contribution in [1.82, 2.24) is 0 Å². The van der Waals surface area contributed by atoms with Crippen LogP contribution in [0.3, 0.4) is 0 Å². The lowest BCUT2D eigenvalue weighted by Gasteiger charge is -2.02. The van der Waals surface area contributed by atoms with E-state index in [9.17, 15) is 0 Å². The van der Waals surface area contributed by atoms with Gasteiger partial charge < -0.3 is 5.73 Å². The van der Waals surface area contributed by atoms with Gasteiger partial charge in [0.2, 0.25) is 0 Å². The van der Waals surface area contributed by atoms with Crippen LogP contribution in [0.4, 0.5) is 11.4 Å². The molecular formula is C10H10N2S. The number of nitrogens with two attached hydrogens (primary N) is 1. The van der Waals surface area contributed by atoms with Crippen LogP contribution < -0.4 is 5.73 Å². The van der Waals surface area contributed by atoms with Gasteiger partial charge in [-0.3, -0.25) is 0 Å². The van der Waals surface area contributed by atoms with E-state index in [-0.39, 0.29) is 0 Å². The van der Waals surface area contributed by atoms with Gasteiger partial charge in [0.05, 0.1) is 5.69 Å². The third kappa shape index (κ3) is 1.35. The maximum atomic E-state index is 5.76. The lowest BCUT2D eigenvalue weighted by Crippen LogP contribution is -1.89. The number of anilines is 1. The summed E-state index contributed by atoms with van der Waals surface area (Å²) >= 11 is 4.63. The molecule has 1 aromatic carbocycles. The highest BCUT2D eigenvalue weighted by molar-refractivity contribution is 7.47. The Hall–Kier alpha value is -1.22. The van der Waals surface area contributed by atoms with Crippen LogP contribution in [0.1, 0.15) is 11.1 Å². The first-order valence-electron chi connectivity index (χ1n) is 4.12. The number of fused-ring (bicyclic) bond motifs is 1. The van der Waals surface area contributed by atoms with E-state index in [0.29, 0.717) is 11.4 Å². The molecule has 1 aliphatic rings. The van der Waals surface area contributed by atoms with Crippen molar-refractivity contribution in [3.8, 4) is 0 Å². The molecule has 0 heterocycles. The lowest BCUT2D eigenvalue weighted by atomic mass is 10.1. The standard InChI is InChI=1S/C10H10N2S/c1-6-2-7-4-9(11)10(12-13)5-8(7)3-6/h4-5H,1-3,11H2. The third-order valence-corrected chi connectivity index (χ3v) is 2.52. The van der Waals surface area contributed by atoms with Crippen LogP contribution in [0.15, 0.2) is 28.6 Å². The monoisotopic (exact) mass is 190 g/mol. The van der Waals surface area contributed by atoms with E-state index in [1.807, 2.05) is 12.1 Å². The fourth-order valence-corrected chi connectivity index (χ4v) is 1.86. The summed E-state index contributed by atoms with van der Waals surface area (Å²) in [6.07, 6.45) is 1.88. The number of rotatable bonds is 1. The summed E-state index contributed by atoms with van der Waals surface area (Å²) in [5.74, 6) is 0. The molecule has 2 N–H and O–H groups in total. The molecule has 0 fully saturated rings. The highest BCUT2D eigenvalue weighted by Gasteiger charge is 2.15. The molecule has 0 atom stereocenters. The number of allylic oxidation sites excluding steroid dienone is 1. The molecule has 0 aliphatic heterocycles. The molecule has 2 nitrogen and oxygen atoms in total. The van der Waals surface area contributed by atoms with Gasteiger partial charge in [0.15, 0.2) is 0 Å². The minimum atomic E-state index is 0.670. The number of nitrogens with zero attached hydrogens (tertiary/aromatic N) is 1. The summed E-state index contributed by atoms with van der Waals surface area (Å²) < 4.78 is 3.70. The van der Waals surface area contributed by atoms with Gasteiger partial charge in [-0.1, -0.05) is 12.2 Å². The Kier molecular flexibility index (Phi) is 1.88. The Bertz CT molecular complexity index is 396. The summed E-state index contributed by atoms with van der Waals surface area (Å²) in [6, 6.07) is 3.93. The summed E-state index contributed by atoms with van der Waals surface area (Å²) in [7, 11) is 0. The molecule has 0 amide bonds. The van der Waals surface area contributed by atoms with Crippen LogP contribution >= 0.6 is 0 Å². The Morgan fingerprint density at radius 1 is 1.31 bits per heavy atom. The number of nitrogen functional groups attached to an aromatic ring is 1. The smallest absolute Gasteiger partial charge is 0.100 e. The molecular weight excluding hydrogens is 180 g/mol. The fraction of sp³-hybridized carbons (Fsp3) is 0.200. The summed E-state index contributed by atoms with van der Waals surface area (Å²) in [5, 5.41) is 0. The van der Waals surface area contributed by atoms with Crippen molar-refractivity contribution in [1.29, 1.82) is 0 Å². The van der Waals surface area contributed by atoms with E-state index in [0.717, 1.165) is 12.8 Å². The molecule has 0 aromatic heterocycles. The quantitative estimate of drug-likeness (QED) is 0.545. The van der Waals surface area contributed by atoms with E-state index in [4.69, 9.17) is 5.73 Å². The van der Waals surface area contributed by atoms with Crippen molar-refractivity contribution in [2.45, 2.75) is 12.8 Å². The minimum absolute atomic E-state index is 0.670. The predicted octanol–water partition coefficient (Wildman–Crippen LogP) is 2.29. The van der Waals surface area contributed by atoms with Gasteiger partial charge in [0.25, 0.3) is 0 Å². The average molecular weight is 190 g/mol. The molecule has 2 rings (SSSR count). The van der Waals surface area contributed by atoms with Crippen LogP contribution in [-0.2, 0) is 25.3 Å². The van der Waals surface area contributed by atoms with E-state index in [1.165, 1.54) is 16.7 Å². The first kappa shape index (κ1) is 8.38. The third-order valence-electron chi connectivity index (χ3n) is 2.33. The van der Waals surface area contributed by atoms with Gasteiger partial charge in [-0.15, -0.1) is 0 Å². The van der Waals surface area contributed by atoms with Gasteiger partial charge >= 0.3 is 0 Å². The molecule has 0 radical (unpaired) electrons. The Morgan fingerprint density at radius 2 is 1.92 bits per heavy atom. The maximum absolute atomic E-state index is 5.76. The zero-order chi connectivity index (χ0) is 9.42. The van der Waals surface area contributed by atoms with Crippen molar-refractivity contribution in [3.05, 3.63) is 35.4 Å². The second-order valence-electron chi connectivity index (χ2n) is 3.37.